The van der Waals surface area contributed by atoms with Gasteiger partial charge in [0.25, 0.3) is 0 Å². The molecule has 16 heavy (non-hydrogen) atoms. The van der Waals surface area contributed by atoms with Crippen LogP contribution >= 0.6 is 15.9 Å². The van der Waals surface area contributed by atoms with Crippen molar-refractivity contribution >= 4 is 21.7 Å². The molecule has 4 heteroatoms. The van der Waals surface area contributed by atoms with Crippen LogP contribution in [0.2, 0.25) is 0 Å². The molecule has 1 heterocycles. The van der Waals surface area contributed by atoms with Gasteiger partial charge in [-0.1, -0.05) is 13.8 Å². The van der Waals surface area contributed by atoms with Crippen LogP contribution in [-0.2, 0) is 6.61 Å². The van der Waals surface area contributed by atoms with Gasteiger partial charge in [-0.3, -0.25) is 0 Å². The monoisotopic (exact) mass is 286 g/mol. The summed E-state index contributed by atoms with van der Waals surface area (Å²) in [6, 6.07) is 1.92. The minimum Gasteiger partial charge on any atom is -0.392 e. The Balaban J connectivity index is 2.99. The van der Waals surface area contributed by atoms with Crippen LogP contribution in [0.15, 0.2) is 16.7 Å². The second-order valence-electron chi connectivity index (χ2n) is 4.23. The molecule has 1 rings (SSSR count). The van der Waals surface area contributed by atoms with Gasteiger partial charge in [-0.15, -0.1) is 0 Å². The summed E-state index contributed by atoms with van der Waals surface area (Å²) in [6.07, 6.45) is 1.78. The SMILES string of the molecule is CCN(CC(C)C)c1ncc(Br)cc1CO. The molecule has 90 valence electrons. The molecular weight excluding hydrogens is 268 g/mol. The molecule has 1 aromatic rings. The van der Waals surface area contributed by atoms with Crippen molar-refractivity contribution < 1.29 is 5.11 Å². The highest BCUT2D eigenvalue weighted by atomic mass is 79.9. The fourth-order valence-electron chi connectivity index (χ4n) is 1.68. The van der Waals surface area contributed by atoms with Crippen LogP contribution in [0.25, 0.3) is 0 Å². The molecule has 0 radical (unpaired) electrons. The van der Waals surface area contributed by atoms with Crippen molar-refractivity contribution in [3.63, 3.8) is 0 Å². The number of halogens is 1. The highest BCUT2D eigenvalue weighted by Crippen LogP contribution is 2.22. The third-order valence-electron chi connectivity index (χ3n) is 2.35. The van der Waals surface area contributed by atoms with Crippen molar-refractivity contribution in [1.82, 2.24) is 4.98 Å². The first kappa shape index (κ1) is 13.5. The van der Waals surface area contributed by atoms with Gasteiger partial charge < -0.3 is 10.0 Å². The predicted octanol–water partition coefficient (Wildman–Crippen LogP) is 2.82. The number of anilines is 1. The van der Waals surface area contributed by atoms with E-state index in [4.69, 9.17) is 0 Å². The molecule has 1 N–H and O–H groups in total. The van der Waals surface area contributed by atoms with E-state index in [9.17, 15) is 5.11 Å². The van der Waals surface area contributed by atoms with Gasteiger partial charge in [0.1, 0.15) is 5.82 Å². The van der Waals surface area contributed by atoms with E-state index < -0.39 is 0 Å². The fraction of sp³-hybridized carbons (Fsp3) is 0.583. The Bertz CT molecular complexity index is 342. The number of hydrogen-bond donors (Lipinski definition) is 1. The largest absolute Gasteiger partial charge is 0.392 e. The number of nitrogens with zero attached hydrogens (tertiary/aromatic N) is 2. The van der Waals surface area contributed by atoms with E-state index in [1.165, 1.54) is 0 Å². The van der Waals surface area contributed by atoms with Crippen molar-refractivity contribution in [2.24, 2.45) is 5.92 Å². The zero-order chi connectivity index (χ0) is 12.1. The Morgan fingerprint density at radius 2 is 2.19 bits per heavy atom. The lowest BCUT2D eigenvalue weighted by atomic mass is 10.2. The molecule has 0 unspecified atom stereocenters. The number of rotatable bonds is 5. The zero-order valence-electron chi connectivity index (χ0n) is 10.1. The van der Waals surface area contributed by atoms with Crippen molar-refractivity contribution in [1.29, 1.82) is 0 Å². The quantitative estimate of drug-likeness (QED) is 0.904. The summed E-state index contributed by atoms with van der Waals surface area (Å²) in [7, 11) is 0. The summed E-state index contributed by atoms with van der Waals surface area (Å²) < 4.78 is 0.904. The van der Waals surface area contributed by atoms with Crippen LogP contribution in [0.3, 0.4) is 0 Å². The van der Waals surface area contributed by atoms with Gasteiger partial charge in [-0.05, 0) is 34.8 Å². The van der Waals surface area contributed by atoms with Gasteiger partial charge in [0.2, 0.25) is 0 Å². The average molecular weight is 287 g/mol. The molecule has 0 fully saturated rings. The van der Waals surface area contributed by atoms with E-state index in [1.807, 2.05) is 6.07 Å². The van der Waals surface area contributed by atoms with Crippen LogP contribution in [0.5, 0.6) is 0 Å². The van der Waals surface area contributed by atoms with Crippen molar-refractivity contribution in [2.45, 2.75) is 27.4 Å². The molecule has 0 aliphatic heterocycles. The zero-order valence-corrected chi connectivity index (χ0v) is 11.7. The third-order valence-corrected chi connectivity index (χ3v) is 2.78. The predicted molar refractivity (Wildman–Crippen MR) is 70.6 cm³/mol. The van der Waals surface area contributed by atoms with Crippen LogP contribution in [0, 0.1) is 5.92 Å². The van der Waals surface area contributed by atoms with E-state index in [2.05, 4.69) is 46.6 Å². The standard InChI is InChI=1S/C12H19BrN2O/c1-4-15(7-9(2)3)12-10(8-16)5-11(13)6-14-12/h5-6,9,16H,4,7-8H2,1-3H3. The Morgan fingerprint density at radius 1 is 1.50 bits per heavy atom. The molecular formula is C12H19BrN2O. The number of hydrogen-bond acceptors (Lipinski definition) is 3. The van der Waals surface area contributed by atoms with E-state index in [1.54, 1.807) is 6.20 Å². The van der Waals surface area contributed by atoms with Crippen molar-refractivity contribution in [2.75, 3.05) is 18.0 Å². The van der Waals surface area contributed by atoms with Crippen molar-refractivity contribution in [3.05, 3.63) is 22.3 Å². The first-order chi connectivity index (χ1) is 7.58. The topological polar surface area (TPSA) is 36.4 Å². The molecule has 0 aliphatic rings. The summed E-state index contributed by atoms with van der Waals surface area (Å²) in [5, 5.41) is 9.33. The fourth-order valence-corrected chi connectivity index (χ4v) is 2.06. The summed E-state index contributed by atoms with van der Waals surface area (Å²) in [4.78, 5) is 6.59. The Hall–Kier alpha value is -0.610. The molecule has 0 aromatic carbocycles. The van der Waals surface area contributed by atoms with Gasteiger partial charge in [0.15, 0.2) is 0 Å². The summed E-state index contributed by atoms with van der Waals surface area (Å²) in [6.45, 7) is 8.35. The minimum absolute atomic E-state index is 0.0242. The Morgan fingerprint density at radius 3 is 2.69 bits per heavy atom. The van der Waals surface area contributed by atoms with Crippen LogP contribution in [0.4, 0.5) is 5.82 Å². The highest BCUT2D eigenvalue weighted by molar-refractivity contribution is 9.10. The van der Waals surface area contributed by atoms with Gasteiger partial charge >= 0.3 is 0 Å². The number of aliphatic hydroxyl groups excluding tert-OH is 1. The second kappa shape index (κ2) is 6.21. The maximum absolute atomic E-state index is 9.33. The highest BCUT2D eigenvalue weighted by Gasteiger charge is 2.12. The van der Waals surface area contributed by atoms with E-state index >= 15 is 0 Å². The molecule has 0 bridgehead atoms. The number of pyridine rings is 1. The van der Waals surface area contributed by atoms with E-state index in [0.717, 1.165) is 28.9 Å². The Kier molecular flexibility index (Phi) is 5.22. The lowest BCUT2D eigenvalue weighted by Gasteiger charge is -2.25. The van der Waals surface area contributed by atoms with Crippen LogP contribution < -0.4 is 4.90 Å². The van der Waals surface area contributed by atoms with Crippen molar-refractivity contribution in [3.8, 4) is 0 Å². The summed E-state index contributed by atoms with van der Waals surface area (Å²) in [5.74, 6) is 1.47. The first-order valence-corrected chi connectivity index (χ1v) is 6.38. The average Bonchev–Trinajstić information content (AvgIpc) is 2.25. The lowest BCUT2D eigenvalue weighted by Crippen LogP contribution is -2.29. The molecule has 0 aliphatic carbocycles. The van der Waals surface area contributed by atoms with Crippen LogP contribution in [0.1, 0.15) is 26.3 Å². The third kappa shape index (κ3) is 3.46. The molecule has 0 saturated carbocycles. The molecule has 1 aromatic heterocycles. The minimum atomic E-state index is 0.0242. The lowest BCUT2D eigenvalue weighted by molar-refractivity contribution is 0.281. The molecule has 0 saturated heterocycles. The first-order valence-electron chi connectivity index (χ1n) is 5.58. The van der Waals surface area contributed by atoms with Gasteiger partial charge in [0, 0.05) is 29.3 Å². The van der Waals surface area contributed by atoms with Gasteiger partial charge in [-0.25, -0.2) is 4.98 Å². The number of aliphatic hydroxyl groups is 1. The number of aromatic nitrogens is 1. The van der Waals surface area contributed by atoms with Gasteiger partial charge in [0.05, 0.1) is 6.61 Å². The molecule has 3 nitrogen and oxygen atoms in total. The molecule has 0 spiro atoms. The maximum atomic E-state index is 9.33. The normalized spacial score (nSPS) is 10.9. The molecule has 0 atom stereocenters. The van der Waals surface area contributed by atoms with Gasteiger partial charge in [-0.2, -0.15) is 0 Å². The van der Waals surface area contributed by atoms with E-state index in [0.29, 0.717) is 5.92 Å². The Labute approximate surface area is 106 Å². The van der Waals surface area contributed by atoms with Crippen LogP contribution in [-0.4, -0.2) is 23.2 Å². The van der Waals surface area contributed by atoms with E-state index in [-0.39, 0.29) is 6.61 Å². The summed E-state index contributed by atoms with van der Waals surface area (Å²) in [5.41, 5.74) is 0.872. The maximum Gasteiger partial charge on any atom is 0.134 e. The smallest absolute Gasteiger partial charge is 0.134 e. The second-order valence-corrected chi connectivity index (χ2v) is 5.14. The molecule has 0 amide bonds. The summed E-state index contributed by atoms with van der Waals surface area (Å²) >= 11 is 3.37.